The Bertz CT molecular complexity index is 2090. The number of benzene rings is 3. The van der Waals surface area contributed by atoms with Crippen LogP contribution in [0.25, 0.3) is 32.8 Å². The lowest BCUT2D eigenvalue weighted by Crippen LogP contribution is -2.51. The molecule has 0 spiro atoms. The summed E-state index contributed by atoms with van der Waals surface area (Å²) in [6.45, 7) is 11.1. The van der Waals surface area contributed by atoms with E-state index in [9.17, 15) is 9.50 Å². The summed E-state index contributed by atoms with van der Waals surface area (Å²) in [6, 6.07) is 7.76. The van der Waals surface area contributed by atoms with Crippen LogP contribution >= 0.6 is 11.6 Å². The molecule has 5 fully saturated rings. The minimum atomic E-state index is -0.654. The van der Waals surface area contributed by atoms with Gasteiger partial charge in [0.2, 0.25) is 0 Å². The van der Waals surface area contributed by atoms with Gasteiger partial charge in [-0.2, -0.15) is 9.97 Å². The van der Waals surface area contributed by atoms with Crippen LogP contribution in [0.2, 0.25) is 5.02 Å². The average Bonchev–Trinajstić information content (AvgIpc) is 3.58. The van der Waals surface area contributed by atoms with Gasteiger partial charge in [0.05, 0.1) is 35.9 Å². The number of likely N-dealkylation sites (tertiary alicyclic amines) is 1. The molecule has 5 aliphatic rings. The average molecular weight is 700 g/mol. The second-order valence-corrected chi connectivity index (χ2v) is 16.4. The molecule has 4 atom stereocenters. The highest BCUT2D eigenvalue weighted by Crippen LogP contribution is 2.54. The molecule has 1 aliphatic carbocycles. The quantitative estimate of drug-likeness (QED) is 0.211. The predicted molar refractivity (Wildman–Crippen MR) is 190 cm³/mol. The number of nitrogens with one attached hydrogen (secondary N) is 1. The molecule has 2 unspecified atom stereocenters. The van der Waals surface area contributed by atoms with Crippen LogP contribution < -0.4 is 15.0 Å². The molecule has 2 N–H and O–H groups in total. The molecular weight excluding hydrogens is 660 g/mol. The summed E-state index contributed by atoms with van der Waals surface area (Å²) in [7, 11) is 0. The molecular formula is C39H40ClF2N5O3. The molecule has 11 heteroatoms. The molecule has 2 bridgehead atoms. The van der Waals surface area contributed by atoms with Crippen LogP contribution in [0.1, 0.15) is 45.1 Å². The van der Waals surface area contributed by atoms with Gasteiger partial charge in [-0.1, -0.05) is 37.4 Å². The summed E-state index contributed by atoms with van der Waals surface area (Å²) in [6.07, 6.45) is 9.99. The largest absolute Gasteiger partial charge is 0.508 e. The fraction of sp³-hybridized carbons (Fsp3) is 0.487. The first-order valence-electron chi connectivity index (χ1n) is 17.5. The third-order valence-electron chi connectivity index (χ3n) is 12.3. The second-order valence-electron chi connectivity index (χ2n) is 16.0. The number of aromatic nitrogens is 2. The van der Waals surface area contributed by atoms with Gasteiger partial charge >= 0.3 is 6.01 Å². The van der Waals surface area contributed by atoms with Crippen LogP contribution in [0.4, 0.5) is 14.6 Å². The van der Waals surface area contributed by atoms with Gasteiger partial charge in [0.15, 0.2) is 0 Å². The lowest BCUT2D eigenvalue weighted by atomic mass is 9.71. The van der Waals surface area contributed by atoms with Crippen LogP contribution in [0.5, 0.6) is 11.8 Å². The van der Waals surface area contributed by atoms with Crippen molar-refractivity contribution < 1.29 is 23.4 Å². The van der Waals surface area contributed by atoms with Crippen molar-refractivity contribution in [1.82, 2.24) is 20.2 Å². The third kappa shape index (κ3) is 5.11. The van der Waals surface area contributed by atoms with Crippen molar-refractivity contribution in [3.8, 4) is 35.2 Å². The monoisotopic (exact) mass is 699 g/mol. The van der Waals surface area contributed by atoms with E-state index < -0.39 is 11.6 Å². The van der Waals surface area contributed by atoms with Gasteiger partial charge in [-0.05, 0) is 60.9 Å². The molecule has 1 saturated carbocycles. The molecule has 50 heavy (non-hydrogen) atoms. The first-order valence-corrected chi connectivity index (χ1v) is 17.9. The van der Waals surface area contributed by atoms with Crippen molar-refractivity contribution in [2.75, 3.05) is 57.4 Å². The fourth-order valence-electron chi connectivity index (χ4n) is 9.14. The Hall–Kier alpha value is -3.75. The summed E-state index contributed by atoms with van der Waals surface area (Å²) >= 11 is 7.15. The van der Waals surface area contributed by atoms with Crippen LogP contribution in [-0.4, -0.2) is 84.6 Å². The lowest BCUT2D eigenvalue weighted by Gasteiger charge is -2.34. The SMILES string of the molecule is C#Cc1c(F)ccc2cc(O)cc(-c3c(F)cc4c(N5CC6CCC(C5)N6)nc(OCC5(CN6C[C@@]7(C)COC[C@]7(C)C6)CC5)nc4c3Cl)c12. The van der Waals surface area contributed by atoms with Gasteiger partial charge in [0.25, 0.3) is 0 Å². The molecule has 1 aromatic heterocycles. The maximum Gasteiger partial charge on any atom is 0.319 e. The highest BCUT2D eigenvalue weighted by atomic mass is 35.5. The maximum atomic E-state index is 16.5. The van der Waals surface area contributed by atoms with Crippen LogP contribution in [0.3, 0.4) is 0 Å². The number of nitrogens with zero attached hydrogens (tertiary/aromatic N) is 4. The van der Waals surface area contributed by atoms with E-state index in [0.29, 0.717) is 53.9 Å². The lowest BCUT2D eigenvalue weighted by molar-refractivity contribution is 0.112. The number of hydrogen-bond donors (Lipinski definition) is 2. The van der Waals surface area contributed by atoms with E-state index in [1.807, 2.05) is 0 Å². The topological polar surface area (TPSA) is 83.0 Å². The van der Waals surface area contributed by atoms with Gasteiger partial charge in [0.1, 0.15) is 23.2 Å². The minimum absolute atomic E-state index is 0.00672. The third-order valence-corrected chi connectivity index (χ3v) is 12.7. The van der Waals surface area contributed by atoms with E-state index in [1.54, 1.807) is 0 Å². The fourth-order valence-corrected chi connectivity index (χ4v) is 9.48. The summed E-state index contributed by atoms with van der Waals surface area (Å²) in [5, 5.41) is 15.5. The first-order chi connectivity index (χ1) is 24.0. The summed E-state index contributed by atoms with van der Waals surface area (Å²) in [4.78, 5) is 14.5. The predicted octanol–water partition coefficient (Wildman–Crippen LogP) is 6.53. The number of phenolic OH excluding ortho intramolecular Hbond substituents is 1. The molecule has 3 aromatic carbocycles. The number of piperazine rings is 1. The van der Waals surface area contributed by atoms with Crippen LogP contribution in [0, 0.1) is 40.2 Å². The van der Waals surface area contributed by atoms with E-state index in [0.717, 1.165) is 58.5 Å². The number of fused-ring (bicyclic) bond motifs is 5. The Morgan fingerprint density at radius 3 is 2.46 bits per heavy atom. The van der Waals surface area contributed by atoms with Gasteiger partial charge in [-0.15, -0.1) is 6.42 Å². The standard InChI is InChI=1S/C39H40ClF2N5O3/c1-4-26-29(41)8-5-22-11-25(48)12-27(31(22)26)32-30(42)13-28-34(33(32)40)44-36(45-35(28)47-14-23-6-7-24(15-47)43-23)50-21-39(9-10-39)18-46-16-37(2)19-49-20-38(37,3)17-46/h1,5,8,11-13,23-24,43,48H,6-7,9-10,14-21H2,2-3H3/t23?,24?,37-,38-/m0/s1. The Kier molecular flexibility index (Phi) is 7.32. The van der Waals surface area contributed by atoms with Gasteiger partial charge in [-0.3, -0.25) is 0 Å². The Balaban J connectivity index is 1.12. The van der Waals surface area contributed by atoms with E-state index in [2.05, 4.69) is 34.9 Å². The minimum Gasteiger partial charge on any atom is -0.508 e. The highest BCUT2D eigenvalue weighted by Gasteiger charge is 2.57. The number of phenols is 1. The molecule has 9 rings (SSSR count). The van der Waals surface area contributed by atoms with E-state index >= 15 is 4.39 Å². The van der Waals surface area contributed by atoms with Crippen molar-refractivity contribution in [3.63, 3.8) is 0 Å². The number of halogens is 3. The molecule has 5 heterocycles. The molecule has 4 saturated heterocycles. The molecule has 8 nitrogen and oxygen atoms in total. The van der Waals surface area contributed by atoms with Gasteiger partial charge in [0, 0.05) is 77.4 Å². The number of anilines is 1. The van der Waals surface area contributed by atoms with E-state index in [4.69, 9.17) is 37.5 Å². The maximum absolute atomic E-state index is 16.5. The summed E-state index contributed by atoms with van der Waals surface area (Å²) in [5.41, 5.74) is 0.751. The van der Waals surface area contributed by atoms with Crippen molar-refractivity contribution in [2.45, 2.75) is 51.6 Å². The number of terminal acetylenes is 1. The molecule has 0 amide bonds. The molecule has 4 aliphatic heterocycles. The zero-order valence-electron chi connectivity index (χ0n) is 28.3. The molecule has 0 radical (unpaired) electrons. The second kappa shape index (κ2) is 11.4. The van der Waals surface area contributed by atoms with Gasteiger partial charge in [-0.25, -0.2) is 8.78 Å². The van der Waals surface area contributed by atoms with Crippen LogP contribution in [-0.2, 0) is 4.74 Å². The summed E-state index contributed by atoms with van der Waals surface area (Å²) < 4.78 is 43.8. The molecule has 260 valence electrons. The highest BCUT2D eigenvalue weighted by molar-refractivity contribution is 6.38. The number of hydrogen-bond acceptors (Lipinski definition) is 8. The number of aromatic hydroxyl groups is 1. The normalized spacial score (nSPS) is 28.4. The molecule has 4 aromatic rings. The first kappa shape index (κ1) is 32.2. The van der Waals surface area contributed by atoms with Crippen LogP contribution in [0.15, 0.2) is 30.3 Å². The Morgan fingerprint density at radius 2 is 1.78 bits per heavy atom. The van der Waals surface area contributed by atoms with E-state index in [1.165, 1.54) is 30.3 Å². The zero-order chi connectivity index (χ0) is 34.6. The zero-order valence-corrected chi connectivity index (χ0v) is 29.0. The Morgan fingerprint density at radius 1 is 1.06 bits per heavy atom. The van der Waals surface area contributed by atoms with E-state index in [-0.39, 0.29) is 55.1 Å². The van der Waals surface area contributed by atoms with Crippen molar-refractivity contribution in [2.24, 2.45) is 16.2 Å². The van der Waals surface area contributed by atoms with Crippen molar-refractivity contribution >= 4 is 39.1 Å². The smallest absolute Gasteiger partial charge is 0.319 e. The number of ether oxygens (including phenoxy) is 2. The number of rotatable bonds is 7. The summed E-state index contributed by atoms with van der Waals surface area (Å²) in [5.74, 6) is 1.57. The van der Waals surface area contributed by atoms with Crippen molar-refractivity contribution in [1.29, 1.82) is 0 Å². The van der Waals surface area contributed by atoms with Gasteiger partial charge < -0.3 is 29.7 Å². The van der Waals surface area contributed by atoms with Crippen molar-refractivity contribution in [3.05, 3.63) is 52.6 Å². The Labute approximate surface area is 295 Å².